The number of likely N-dealkylation sites (tertiary alicyclic amines) is 1. The second-order valence-corrected chi connectivity index (χ2v) is 5.52. The normalized spacial score (nSPS) is 24.9. The molecule has 18 heavy (non-hydrogen) atoms. The minimum atomic E-state index is 0.254. The summed E-state index contributed by atoms with van der Waals surface area (Å²) in [5.74, 6) is 0. The van der Waals surface area contributed by atoms with E-state index in [4.69, 9.17) is 0 Å². The smallest absolute Gasteiger partial charge is 0.320 e. The maximum Gasteiger partial charge on any atom is 0.320 e. The van der Waals surface area contributed by atoms with E-state index in [9.17, 15) is 4.79 Å². The number of nitrogens with zero attached hydrogens (tertiary/aromatic N) is 2. The van der Waals surface area contributed by atoms with Gasteiger partial charge in [0, 0.05) is 32.2 Å². The molecule has 0 bridgehead atoms. The molecular formula is C14H27N3O. The molecule has 0 aromatic rings. The molecule has 4 nitrogen and oxygen atoms in total. The van der Waals surface area contributed by atoms with Gasteiger partial charge in [-0.1, -0.05) is 6.42 Å². The highest BCUT2D eigenvalue weighted by Crippen LogP contribution is 2.13. The average Bonchev–Trinajstić information content (AvgIpc) is 2.46. The third-order valence-corrected chi connectivity index (χ3v) is 4.13. The summed E-state index contributed by atoms with van der Waals surface area (Å²) in [5.41, 5.74) is 0. The van der Waals surface area contributed by atoms with Gasteiger partial charge >= 0.3 is 6.03 Å². The summed E-state index contributed by atoms with van der Waals surface area (Å²) >= 11 is 0. The number of hydrogen-bond acceptors (Lipinski definition) is 2. The molecule has 0 spiro atoms. The number of urea groups is 1. The molecule has 1 atom stereocenters. The molecular weight excluding hydrogens is 226 g/mol. The summed E-state index contributed by atoms with van der Waals surface area (Å²) in [4.78, 5) is 16.5. The number of nitrogens with one attached hydrogen (secondary N) is 1. The number of rotatable bonds is 3. The van der Waals surface area contributed by atoms with Crippen molar-refractivity contribution in [1.29, 1.82) is 0 Å². The Morgan fingerprint density at radius 1 is 1.22 bits per heavy atom. The maximum atomic E-state index is 12.4. The number of carbonyl (C=O) groups is 1. The molecule has 0 aliphatic carbocycles. The van der Waals surface area contributed by atoms with E-state index >= 15 is 0 Å². The largest absolute Gasteiger partial charge is 0.325 e. The van der Waals surface area contributed by atoms with Crippen molar-refractivity contribution in [3.8, 4) is 0 Å². The molecule has 2 fully saturated rings. The predicted octanol–water partition coefficient (Wildman–Crippen LogP) is 2.06. The van der Waals surface area contributed by atoms with Crippen molar-refractivity contribution >= 4 is 6.03 Å². The van der Waals surface area contributed by atoms with Crippen LogP contribution in [0.3, 0.4) is 0 Å². The van der Waals surface area contributed by atoms with E-state index in [1.165, 1.54) is 38.5 Å². The molecule has 2 saturated heterocycles. The van der Waals surface area contributed by atoms with Crippen LogP contribution in [-0.2, 0) is 0 Å². The van der Waals surface area contributed by atoms with E-state index in [2.05, 4.69) is 12.2 Å². The zero-order valence-electron chi connectivity index (χ0n) is 11.7. The number of carbonyl (C=O) groups excluding carboxylic acids is 1. The lowest BCUT2D eigenvalue weighted by molar-refractivity contribution is 0.138. The molecule has 2 aliphatic heterocycles. The topological polar surface area (TPSA) is 35.6 Å². The van der Waals surface area contributed by atoms with Crippen molar-refractivity contribution in [2.45, 2.75) is 51.5 Å². The first-order chi connectivity index (χ1) is 8.81. The summed E-state index contributed by atoms with van der Waals surface area (Å²) in [7, 11) is 0. The van der Waals surface area contributed by atoms with Crippen molar-refractivity contribution in [2.24, 2.45) is 0 Å². The highest BCUT2D eigenvalue weighted by molar-refractivity contribution is 5.74. The average molecular weight is 253 g/mol. The molecule has 0 aromatic carbocycles. The molecule has 2 rings (SSSR count). The summed E-state index contributed by atoms with van der Waals surface area (Å²) < 4.78 is 0. The standard InChI is InChI=1S/C14H27N3O/c1-2-16(12-13-8-4-5-9-15-13)14(18)17-10-6-3-7-11-17/h13,15H,2-12H2,1H3. The van der Waals surface area contributed by atoms with Gasteiger partial charge in [0.15, 0.2) is 0 Å². The molecule has 1 N–H and O–H groups in total. The van der Waals surface area contributed by atoms with Crippen molar-refractivity contribution in [3.63, 3.8) is 0 Å². The van der Waals surface area contributed by atoms with Gasteiger partial charge in [0.25, 0.3) is 0 Å². The Morgan fingerprint density at radius 3 is 2.61 bits per heavy atom. The molecule has 0 aromatic heterocycles. The van der Waals surface area contributed by atoms with Crippen molar-refractivity contribution in [1.82, 2.24) is 15.1 Å². The number of amides is 2. The predicted molar refractivity (Wildman–Crippen MR) is 73.7 cm³/mol. The molecule has 0 radical (unpaired) electrons. The van der Waals surface area contributed by atoms with E-state index in [0.717, 1.165) is 32.7 Å². The molecule has 2 aliphatic rings. The van der Waals surface area contributed by atoms with Gasteiger partial charge in [-0.2, -0.15) is 0 Å². The molecule has 2 heterocycles. The molecule has 0 saturated carbocycles. The Labute approximate surface area is 111 Å². The third kappa shape index (κ3) is 3.61. The minimum absolute atomic E-state index is 0.254. The minimum Gasteiger partial charge on any atom is -0.325 e. The Balaban J connectivity index is 1.84. The summed E-state index contributed by atoms with van der Waals surface area (Å²) in [6.45, 7) is 6.81. The van der Waals surface area contributed by atoms with Crippen LogP contribution in [0.4, 0.5) is 4.79 Å². The van der Waals surface area contributed by atoms with Crippen LogP contribution in [0.25, 0.3) is 0 Å². The summed E-state index contributed by atoms with van der Waals surface area (Å²) in [6.07, 6.45) is 7.41. The van der Waals surface area contributed by atoms with E-state index in [-0.39, 0.29) is 6.03 Å². The van der Waals surface area contributed by atoms with Gasteiger partial charge < -0.3 is 15.1 Å². The highest BCUT2D eigenvalue weighted by atomic mass is 16.2. The third-order valence-electron chi connectivity index (χ3n) is 4.13. The van der Waals surface area contributed by atoms with Gasteiger partial charge in [-0.25, -0.2) is 4.79 Å². The molecule has 104 valence electrons. The first-order valence-corrected chi connectivity index (χ1v) is 7.58. The van der Waals surface area contributed by atoms with Gasteiger partial charge in [-0.05, 0) is 45.6 Å². The summed E-state index contributed by atoms with van der Waals surface area (Å²) in [5, 5.41) is 3.53. The van der Waals surface area contributed by atoms with Crippen LogP contribution in [0, 0.1) is 0 Å². The Kier molecular flexibility index (Phi) is 5.29. The number of likely N-dealkylation sites (N-methyl/N-ethyl adjacent to an activating group) is 1. The molecule has 2 amide bonds. The monoisotopic (exact) mass is 253 g/mol. The first kappa shape index (κ1) is 13.7. The Bertz CT molecular complexity index is 258. The SMILES string of the molecule is CCN(CC1CCCCN1)C(=O)N1CCCCC1. The second kappa shape index (κ2) is 6.98. The lowest BCUT2D eigenvalue weighted by Crippen LogP contribution is -2.51. The van der Waals surface area contributed by atoms with Gasteiger partial charge in [-0.3, -0.25) is 0 Å². The van der Waals surface area contributed by atoms with Crippen LogP contribution < -0.4 is 5.32 Å². The lowest BCUT2D eigenvalue weighted by Gasteiger charge is -2.35. The van der Waals surface area contributed by atoms with Gasteiger partial charge in [-0.15, -0.1) is 0 Å². The fraction of sp³-hybridized carbons (Fsp3) is 0.929. The first-order valence-electron chi connectivity index (χ1n) is 7.58. The highest BCUT2D eigenvalue weighted by Gasteiger charge is 2.24. The van der Waals surface area contributed by atoms with E-state index in [0.29, 0.717) is 6.04 Å². The fourth-order valence-corrected chi connectivity index (χ4v) is 2.97. The zero-order chi connectivity index (χ0) is 12.8. The van der Waals surface area contributed by atoms with Crippen LogP contribution in [0.2, 0.25) is 0 Å². The van der Waals surface area contributed by atoms with E-state index < -0.39 is 0 Å². The fourth-order valence-electron chi connectivity index (χ4n) is 2.97. The van der Waals surface area contributed by atoms with Crippen LogP contribution in [0.5, 0.6) is 0 Å². The van der Waals surface area contributed by atoms with Crippen molar-refractivity contribution < 1.29 is 4.79 Å². The molecule has 1 unspecified atom stereocenters. The van der Waals surface area contributed by atoms with Crippen LogP contribution in [0.1, 0.15) is 45.4 Å². The Morgan fingerprint density at radius 2 is 2.00 bits per heavy atom. The van der Waals surface area contributed by atoms with Crippen molar-refractivity contribution in [3.05, 3.63) is 0 Å². The number of piperidine rings is 2. The van der Waals surface area contributed by atoms with E-state index in [1.54, 1.807) is 0 Å². The van der Waals surface area contributed by atoms with E-state index in [1.807, 2.05) is 9.80 Å². The Hall–Kier alpha value is -0.770. The summed E-state index contributed by atoms with van der Waals surface area (Å²) in [6, 6.07) is 0.761. The zero-order valence-corrected chi connectivity index (χ0v) is 11.7. The lowest BCUT2D eigenvalue weighted by atomic mass is 10.0. The molecule has 4 heteroatoms. The second-order valence-electron chi connectivity index (χ2n) is 5.52. The van der Waals surface area contributed by atoms with Gasteiger partial charge in [0.2, 0.25) is 0 Å². The van der Waals surface area contributed by atoms with Gasteiger partial charge in [0.1, 0.15) is 0 Å². The van der Waals surface area contributed by atoms with Crippen molar-refractivity contribution in [2.75, 3.05) is 32.7 Å². The van der Waals surface area contributed by atoms with Crippen LogP contribution in [-0.4, -0.2) is 54.6 Å². The van der Waals surface area contributed by atoms with Gasteiger partial charge in [0.05, 0.1) is 0 Å². The quantitative estimate of drug-likeness (QED) is 0.835. The number of hydrogen-bond donors (Lipinski definition) is 1. The van der Waals surface area contributed by atoms with Crippen LogP contribution >= 0.6 is 0 Å². The van der Waals surface area contributed by atoms with Crippen LogP contribution in [0.15, 0.2) is 0 Å². The maximum absolute atomic E-state index is 12.4.